The van der Waals surface area contributed by atoms with Gasteiger partial charge in [-0.15, -0.1) is 0 Å². The minimum atomic E-state index is -0.888. The van der Waals surface area contributed by atoms with Crippen molar-refractivity contribution in [1.82, 2.24) is 0 Å². The number of ether oxygens (including phenoxy) is 1. The van der Waals surface area contributed by atoms with Crippen LogP contribution in [0.5, 0.6) is 5.75 Å². The summed E-state index contributed by atoms with van der Waals surface area (Å²) in [6.45, 7) is 0.749. The lowest BCUT2D eigenvalue weighted by molar-refractivity contribution is 0.1000. The standard InChI is InChI=1S/C17H16F2N2O2/c18-14-8-11(13-2-1-7-21-16(13)15(14)19)9-23-12-5-3-10(4-6-12)17(20)22/h3-6,8,21H,1-2,7,9H2,(H2,20,22). The van der Waals surface area contributed by atoms with Crippen molar-refractivity contribution in [3.05, 3.63) is 58.7 Å². The monoisotopic (exact) mass is 318 g/mol. The Morgan fingerprint density at radius 2 is 2.00 bits per heavy atom. The zero-order chi connectivity index (χ0) is 16.4. The van der Waals surface area contributed by atoms with E-state index in [4.69, 9.17) is 10.5 Å². The van der Waals surface area contributed by atoms with Gasteiger partial charge in [0.05, 0.1) is 5.69 Å². The lowest BCUT2D eigenvalue weighted by Gasteiger charge is -2.22. The lowest BCUT2D eigenvalue weighted by Crippen LogP contribution is -2.17. The zero-order valence-corrected chi connectivity index (χ0v) is 12.4. The molecule has 1 aliphatic rings. The average molecular weight is 318 g/mol. The van der Waals surface area contributed by atoms with Gasteiger partial charge in [-0.1, -0.05) is 0 Å². The molecular formula is C17H16F2N2O2. The fourth-order valence-electron chi connectivity index (χ4n) is 2.67. The molecule has 2 aromatic carbocycles. The van der Waals surface area contributed by atoms with Crippen LogP contribution in [0.3, 0.4) is 0 Å². The first kappa shape index (κ1) is 15.3. The Morgan fingerprint density at radius 3 is 2.70 bits per heavy atom. The molecule has 0 unspecified atom stereocenters. The summed E-state index contributed by atoms with van der Waals surface area (Å²) in [4.78, 5) is 11.0. The molecule has 0 fully saturated rings. The first-order valence-corrected chi connectivity index (χ1v) is 7.32. The molecule has 0 atom stereocenters. The minimum absolute atomic E-state index is 0.122. The fourth-order valence-corrected chi connectivity index (χ4v) is 2.67. The minimum Gasteiger partial charge on any atom is -0.489 e. The van der Waals surface area contributed by atoms with E-state index in [1.807, 2.05) is 0 Å². The third kappa shape index (κ3) is 3.11. The van der Waals surface area contributed by atoms with Crippen LogP contribution in [-0.2, 0) is 13.0 Å². The number of nitrogens with two attached hydrogens (primary N) is 1. The van der Waals surface area contributed by atoms with Gasteiger partial charge in [-0.25, -0.2) is 8.78 Å². The number of halogens is 2. The van der Waals surface area contributed by atoms with E-state index in [9.17, 15) is 13.6 Å². The SMILES string of the molecule is NC(=O)c1ccc(OCc2cc(F)c(F)c3c2CCCN3)cc1. The summed E-state index contributed by atoms with van der Waals surface area (Å²) in [5.74, 6) is -1.72. The normalized spacial score (nSPS) is 13.1. The maximum atomic E-state index is 13.8. The number of carbonyl (C=O) groups is 1. The van der Waals surface area contributed by atoms with Gasteiger partial charge in [-0.3, -0.25) is 4.79 Å². The summed E-state index contributed by atoms with van der Waals surface area (Å²) in [6.07, 6.45) is 1.54. The number of nitrogens with one attached hydrogen (secondary N) is 1. The maximum absolute atomic E-state index is 13.8. The Kier molecular flexibility index (Phi) is 4.14. The Morgan fingerprint density at radius 1 is 1.26 bits per heavy atom. The highest BCUT2D eigenvalue weighted by atomic mass is 19.2. The summed E-state index contributed by atoms with van der Waals surface area (Å²) >= 11 is 0. The summed E-state index contributed by atoms with van der Waals surface area (Å²) in [7, 11) is 0. The van der Waals surface area contributed by atoms with Crippen LogP contribution >= 0.6 is 0 Å². The Bertz CT molecular complexity index is 745. The second kappa shape index (κ2) is 6.24. The van der Waals surface area contributed by atoms with Gasteiger partial charge in [0, 0.05) is 12.1 Å². The molecule has 120 valence electrons. The van der Waals surface area contributed by atoms with Crippen LogP contribution in [0.1, 0.15) is 27.9 Å². The Hall–Kier alpha value is -2.63. The molecule has 0 spiro atoms. The molecule has 4 nitrogen and oxygen atoms in total. The summed E-state index contributed by atoms with van der Waals surface area (Å²) in [6, 6.07) is 7.52. The van der Waals surface area contributed by atoms with Gasteiger partial charge in [0.15, 0.2) is 11.6 Å². The maximum Gasteiger partial charge on any atom is 0.248 e. The van der Waals surface area contributed by atoms with Crippen molar-refractivity contribution in [1.29, 1.82) is 0 Å². The molecule has 2 aromatic rings. The van der Waals surface area contributed by atoms with Crippen molar-refractivity contribution >= 4 is 11.6 Å². The van der Waals surface area contributed by atoms with Crippen molar-refractivity contribution in [3.8, 4) is 5.75 Å². The number of amides is 1. The summed E-state index contributed by atoms with van der Waals surface area (Å²) in [5, 5.41) is 2.91. The van der Waals surface area contributed by atoms with Crippen LogP contribution in [-0.4, -0.2) is 12.5 Å². The van der Waals surface area contributed by atoms with E-state index in [1.54, 1.807) is 24.3 Å². The van der Waals surface area contributed by atoms with Crippen LogP contribution < -0.4 is 15.8 Å². The van der Waals surface area contributed by atoms with E-state index in [2.05, 4.69) is 5.32 Å². The number of carbonyl (C=O) groups excluding carboxylic acids is 1. The topological polar surface area (TPSA) is 64.4 Å². The molecule has 1 heterocycles. The number of hydrogen-bond acceptors (Lipinski definition) is 3. The highest BCUT2D eigenvalue weighted by molar-refractivity contribution is 5.92. The third-order valence-electron chi connectivity index (χ3n) is 3.86. The van der Waals surface area contributed by atoms with Gasteiger partial charge in [-0.05, 0) is 54.3 Å². The smallest absolute Gasteiger partial charge is 0.248 e. The van der Waals surface area contributed by atoms with Gasteiger partial charge >= 0.3 is 0 Å². The van der Waals surface area contributed by atoms with Crippen LogP contribution in [0.4, 0.5) is 14.5 Å². The molecule has 0 bridgehead atoms. The molecular weight excluding hydrogens is 302 g/mol. The third-order valence-corrected chi connectivity index (χ3v) is 3.86. The van der Waals surface area contributed by atoms with E-state index in [1.165, 1.54) is 6.07 Å². The largest absolute Gasteiger partial charge is 0.489 e. The van der Waals surface area contributed by atoms with Crippen molar-refractivity contribution < 1.29 is 18.3 Å². The van der Waals surface area contributed by atoms with E-state index < -0.39 is 17.5 Å². The van der Waals surface area contributed by atoms with Crippen molar-refractivity contribution in [2.45, 2.75) is 19.4 Å². The molecule has 0 saturated heterocycles. The summed E-state index contributed by atoms with van der Waals surface area (Å²) < 4.78 is 33.2. The average Bonchev–Trinajstić information content (AvgIpc) is 2.57. The lowest BCUT2D eigenvalue weighted by atomic mass is 9.97. The molecule has 0 saturated carbocycles. The number of rotatable bonds is 4. The number of anilines is 1. The van der Waals surface area contributed by atoms with Crippen molar-refractivity contribution in [2.75, 3.05) is 11.9 Å². The molecule has 0 aliphatic carbocycles. The number of hydrogen-bond donors (Lipinski definition) is 2. The van der Waals surface area contributed by atoms with Crippen LogP contribution in [0, 0.1) is 11.6 Å². The summed E-state index contributed by atoms with van der Waals surface area (Å²) in [5.41, 5.74) is 7.16. The predicted molar refractivity (Wildman–Crippen MR) is 82.5 cm³/mol. The van der Waals surface area contributed by atoms with Crippen LogP contribution in [0.2, 0.25) is 0 Å². The fraction of sp³-hybridized carbons (Fsp3) is 0.235. The molecule has 6 heteroatoms. The molecule has 3 rings (SSSR count). The quantitative estimate of drug-likeness (QED) is 0.911. The van der Waals surface area contributed by atoms with Gasteiger partial charge < -0.3 is 15.8 Å². The molecule has 1 aliphatic heterocycles. The second-order valence-electron chi connectivity index (χ2n) is 5.39. The Labute approximate surface area is 132 Å². The molecule has 0 radical (unpaired) electrons. The molecule has 1 amide bonds. The molecule has 3 N–H and O–H groups in total. The predicted octanol–water partition coefficient (Wildman–Crippen LogP) is 3.00. The van der Waals surface area contributed by atoms with E-state index in [-0.39, 0.29) is 12.3 Å². The van der Waals surface area contributed by atoms with Gasteiger partial charge in [0.2, 0.25) is 5.91 Å². The van der Waals surface area contributed by atoms with Crippen molar-refractivity contribution in [2.24, 2.45) is 5.73 Å². The second-order valence-corrected chi connectivity index (χ2v) is 5.39. The molecule has 23 heavy (non-hydrogen) atoms. The van der Waals surface area contributed by atoms with Crippen molar-refractivity contribution in [3.63, 3.8) is 0 Å². The first-order valence-electron chi connectivity index (χ1n) is 7.32. The van der Waals surface area contributed by atoms with Gasteiger partial charge in [-0.2, -0.15) is 0 Å². The van der Waals surface area contributed by atoms with Crippen LogP contribution in [0.15, 0.2) is 30.3 Å². The number of benzene rings is 2. The van der Waals surface area contributed by atoms with E-state index in [0.29, 0.717) is 29.8 Å². The van der Waals surface area contributed by atoms with E-state index >= 15 is 0 Å². The highest BCUT2D eigenvalue weighted by Crippen LogP contribution is 2.31. The zero-order valence-electron chi connectivity index (χ0n) is 12.4. The first-order chi connectivity index (χ1) is 11.1. The van der Waals surface area contributed by atoms with Crippen LogP contribution in [0.25, 0.3) is 0 Å². The number of primary amides is 1. The Balaban J connectivity index is 1.80. The highest BCUT2D eigenvalue weighted by Gasteiger charge is 2.21. The molecule has 0 aromatic heterocycles. The van der Waals surface area contributed by atoms with E-state index in [0.717, 1.165) is 12.0 Å². The van der Waals surface area contributed by atoms with Gasteiger partial charge in [0.25, 0.3) is 0 Å². The number of fused-ring (bicyclic) bond motifs is 1. The van der Waals surface area contributed by atoms with Gasteiger partial charge in [0.1, 0.15) is 12.4 Å².